The molecule has 0 spiro atoms. The Morgan fingerprint density at radius 1 is 0.967 bits per heavy atom. The van der Waals surface area contributed by atoms with Crippen molar-refractivity contribution in [2.75, 3.05) is 5.32 Å². The fourth-order valence-corrected chi connectivity index (χ4v) is 3.42. The standard InChI is InChI=1S/C23H18FN5O/c1-14-25-13-21(30-14)18-11-10-17(12-26-18)27-19-4-3-5-20-22(19)28-23(29(20)2)15-6-8-16(24)9-7-15/h3-13,27H,1-2H3. The number of rotatable bonds is 4. The quantitative estimate of drug-likeness (QED) is 0.433. The zero-order chi connectivity index (χ0) is 20.7. The lowest BCUT2D eigenvalue weighted by Gasteiger charge is -2.07. The lowest BCUT2D eigenvalue weighted by atomic mass is 10.2. The van der Waals surface area contributed by atoms with Gasteiger partial charge < -0.3 is 14.3 Å². The van der Waals surface area contributed by atoms with Crippen LogP contribution in [0.15, 0.2) is 71.4 Å². The van der Waals surface area contributed by atoms with Gasteiger partial charge in [-0.15, -0.1) is 0 Å². The maximum atomic E-state index is 13.3. The first-order valence-corrected chi connectivity index (χ1v) is 9.46. The van der Waals surface area contributed by atoms with Crippen LogP contribution in [0.3, 0.4) is 0 Å². The number of hydrogen-bond donors (Lipinski definition) is 1. The number of aryl methyl sites for hydroxylation is 2. The molecule has 148 valence electrons. The van der Waals surface area contributed by atoms with Crippen molar-refractivity contribution in [1.29, 1.82) is 0 Å². The van der Waals surface area contributed by atoms with Gasteiger partial charge in [-0.1, -0.05) is 6.07 Å². The average Bonchev–Trinajstić information content (AvgIpc) is 3.34. The van der Waals surface area contributed by atoms with Gasteiger partial charge in [0, 0.05) is 19.5 Å². The summed E-state index contributed by atoms with van der Waals surface area (Å²) in [7, 11) is 1.95. The molecule has 6 nitrogen and oxygen atoms in total. The van der Waals surface area contributed by atoms with Crippen LogP contribution in [0.5, 0.6) is 0 Å². The minimum Gasteiger partial charge on any atom is -0.439 e. The summed E-state index contributed by atoms with van der Waals surface area (Å²) in [5.41, 5.74) is 5.07. The van der Waals surface area contributed by atoms with Crippen LogP contribution in [0, 0.1) is 12.7 Å². The second kappa shape index (κ2) is 7.11. The van der Waals surface area contributed by atoms with Crippen LogP contribution in [-0.2, 0) is 7.05 Å². The molecule has 3 heterocycles. The number of pyridine rings is 1. The van der Waals surface area contributed by atoms with Gasteiger partial charge in [0.25, 0.3) is 0 Å². The van der Waals surface area contributed by atoms with Gasteiger partial charge in [0.15, 0.2) is 11.7 Å². The Morgan fingerprint density at radius 3 is 2.50 bits per heavy atom. The minimum atomic E-state index is -0.267. The molecule has 0 aliphatic carbocycles. The molecule has 0 aliphatic heterocycles. The molecular weight excluding hydrogens is 381 g/mol. The van der Waals surface area contributed by atoms with Gasteiger partial charge in [-0.3, -0.25) is 4.98 Å². The van der Waals surface area contributed by atoms with E-state index in [0.29, 0.717) is 11.7 Å². The van der Waals surface area contributed by atoms with Gasteiger partial charge >= 0.3 is 0 Å². The second-order valence-corrected chi connectivity index (χ2v) is 6.98. The number of nitrogens with zero attached hydrogens (tertiary/aromatic N) is 4. The van der Waals surface area contributed by atoms with Crippen LogP contribution < -0.4 is 5.32 Å². The molecule has 0 saturated heterocycles. The first kappa shape index (κ1) is 18.1. The zero-order valence-corrected chi connectivity index (χ0v) is 16.4. The third-order valence-electron chi connectivity index (χ3n) is 4.93. The van der Waals surface area contributed by atoms with Crippen molar-refractivity contribution in [3.8, 4) is 22.8 Å². The number of anilines is 2. The van der Waals surface area contributed by atoms with Crippen LogP contribution >= 0.6 is 0 Å². The molecule has 0 saturated carbocycles. The summed E-state index contributed by atoms with van der Waals surface area (Å²) in [5, 5.41) is 3.39. The summed E-state index contributed by atoms with van der Waals surface area (Å²) in [6, 6.07) is 16.1. The predicted molar refractivity (Wildman–Crippen MR) is 114 cm³/mol. The highest BCUT2D eigenvalue weighted by molar-refractivity contribution is 5.92. The number of aromatic nitrogens is 4. The molecule has 0 amide bonds. The lowest BCUT2D eigenvalue weighted by molar-refractivity contribution is 0.532. The molecule has 2 aromatic carbocycles. The van der Waals surface area contributed by atoms with Crippen molar-refractivity contribution < 1.29 is 8.81 Å². The molecule has 0 bridgehead atoms. The van der Waals surface area contributed by atoms with Crippen molar-refractivity contribution >= 4 is 22.4 Å². The van der Waals surface area contributed by atoms with Gasteiger partial charge in [-0.25, -0.2) is 14.4 Å². The maximum Gasteiger partial charge on any atom is 0.191 e. The molecule has 30 heavy (non-hydrogen) atoms. The summed E-state index contributed by atoms with van der Waals surface area (Å²) in [4.78, 5) is 13.4. The molecule has 5 aromatic rings. The highest BCUT2D eigenvalue weighted by Crippen LogP contribution is 2.30. The van der Waals surface area contributed by atoms with E-state index in [2.05, 4.69) is 15.3 Å². The average molecular weight is 399 g/mol. The molecule has 0 aliphatic rings. The molecule has 0 radical (unpaired) electrons. The van der Waals surface area contributed by atoms with E-state index in [9.17, 15) is 4.39 Å². The van der Waals surface area contributed by atoms with Crippen LogP contribution in [0.1, 0.15) is 5.89 Å². The summed E-state index contributed by atoms with van der Waals surface area (Å²) in [5.74, 6) is 1.74. The van der Waals surface area contributed by atoms with E-state index in [1.54, 1.807) is 31.5 Å². The normalized spacial score (nSPS) is 11.2. The Hall–Kier alpha value is -4.00. The van der Waals surface area contributed by atoms with E-state index >= 15 is 0 Å². The zero-order valence-electron chi connectivity index (χ0n) is 16.4. The van der Waals surface area contributed by atoms with E-state index in [4.69, 9.17) is 9.40 Å². The van der Waals surface area contributed by atoms with Crippen molar-refractivity contribution in [3.05, 3.63) is 78.7 Å². The van der Waals surface area contributed by atoms with Crippen LogP contribution in [-0.4, -0.2) is 19.5 Å². The molecule has 0 fully saturated rings. The van der Waals surface area contributed by atoms with E-state index in [1.165, 1.54) is 12.1 Å². The Morgan fingerprint density at radius 2 is 1.80 bits per heavy atom. The minimum absolute atomic E-state index is 0.267. The van der Waals surface area contributed by atoms with Crippen LogP contribution in [0.2, 0.25) is 0 Å². The number of oxazole rings is 1. The Labute approximate surface area is 172 Å². The third kappa shape index (κ3) is 3.20. The van der Waals surface area contributed by atoms with Crippen molar-refractivity contribution in [2.45, 2.75) is 6.92 Å². The molecule has 5 rings (SSSR count). The molecular formula is C23H18FN5O. The van der Waals surface area contributed by atoms with E-state index in [1.807, 2.05) is 41.9 Å². The smallest absolute Gasteiger partial charge is 0.191 e. The monoisotopic (exact) mass is 399 g/mol. The lowest BCUT2D eigenvalue weighted by Crippen LogP contribution is -1.93. The van der Waals surface area contributed by atoms with Gasteiger partial charge in [0.2, 0.25) is 0 Å². The third-order valence-corrected chi connectivity index (χ3v) is 4.93. The maximum absolute atomic E-state index is 13.3. The summed E-state index contributed by atoms with van der Waals surface area (Å²) in [6.45, 7) is 1.80. The predicted octanol–water partition coefficient (Wildman–Crippen LogP) is 5.48. The van der Waals surface area contributed by atoms with Crippen molar-refractivity contribution in [1.82, 2.24) is 19.5 Å². The number of fused-ring (bicyclic) bond motifs is 1. The number of benzene rings is 2. The number of halogens is 1. The molecule has 3 aromatic heterocycles. The second-order valence-electron chi connectivity index (χ2n) is 6.98. The molecule has 1 N–H and O–H groups in total. The summed E-state index contributed by atoms with van der Waals surface area (Å²) in [6.07, 6.45) is 3.41. The van der Waals surface area contributed by atoms with Crippen molar-refractivity contribution in [2.24, 2.45) is 7.05 Å². The summed E-state index contributed by atoms with van der Waals surface area (Å²) >= 11 is 0. The fraction of sp³-hybridized carbons (Fsp3) is 0.0870. The summed E-state index contributed by atoms with van der Waals surface area (Å²) < 4.78 is 20.8. The number of para-hydroxylation sites is 1. The van der Waals surface area contributed by atoms with Crippen LogP contribution in [0.4, 0.5) is 15.8 Å². The van der Waals surface area contributed by atoms with Gasteiger partial charge in [0.1, 0.15) is 22.9 Å². The van der Waals surface area contributed by atoms with Crippen molar-refractivity contribution in [3.63, 3.8) is 0 Å². The highest BCUT2D eigenvalue weighted by Gasteiger charge is 2.13. The molecule has 0 unspecified atom stereocenters. The van der Waals surface area contributed by atoms with Gasteiger partial charge in [0.05, 0.1) is 29.3 Å². The highest BCUT2D eigenvalue weighted by atomic mass is 19.1. The van der Waals surface area contributed by atoms with E-state index in [0.717, 1.165) is 39.5 Å². The molecule has 7 heteroatoms. The number of imidazole rings is 1. The fourth-order valence-electron chi connectivity index (χ4n) is 3.42. The first-order valence-electron chi connectivity index (χ1n) is 9.46. The van der Waals surface area contributed by atoms with Crippen LogP contribution in [0.25, 0.3) is 33.9 Å². The topological polar surface area (TPSA) is 68.8 Å². The van der Waals surface area contributed by atoms with Gasteiger partial charge in [-0.05, 0) is 48.5 Å². The van der Waals surface area contributed by atoms with Gasteiger partial charge in [-0.2, -0.15) is 0 Å². The Bertz CT molecular complexity index is 1340. The largest absolute Gasteiger partial charge is 0.439 e. The van der Waals surface area contributed by atoms with E-state index < -0.39 is 0 Å². The number of nitrogens with one attached hydrogen (secondary N) is 1. The number of hydrogen-bond acceptors (Lipinski definition) is 5. The first-order chi connectivity index (χ1) is 14.6. The molecule has 0 atom stereocenters. The SMILES string of the molecule is Cc1ncc(-c2ccc(Nc3cccc4c3nc(-c3ccc(F)cc3)n4C)cn2)o1. The van der Waals surface area contributed by atoms with E-state index in [-0.39, 0.29) is 5.82 Å². The Balaban J connectivity index is 1.49. The Kier molecular flexibility index (Phi) is 4.28.